The molecule has 0 atom stereocenters. The van der Waals surface area contributed by atoms with E-state index in [2.05, 4.69) is 144 Å². The average molecular weight is 598 g/mol. The maximum absolute atomic E-state index is 5.13. The molecule has 10 rings (SSSR count). The molecule has 218 valence electrons. The summed E-state index contributed by atoms with van der Waals surface area (Å²) in [5, 5.41) is 5.19. The van der Waals surface area contributed by atoms with E-state index in [9.17, 15) is 0 Å². The molecule has 0 bridgehead atoms. The van der Waals surface area contributed by atoms with Crippen molar-refractivity contribution in [1.29, 1.82) is 0 Å². The number of hydrogen-bond donors (Lipinski definition) is 0. The molecule has 0 radical (unpaired) electrons. The molecule has 9 aromatic rings. The lowest BCUT2D eigenvalue weighted by atomic mass is 9.93. The maximum atomic E-state index is 5.13. The number of fused-ring (bicyclic) bond motifs is 3. The van der Waals surface area contributed by atoms with Crippen LogP contribution in [0.15, 0.2) is 164 Å². The molecule has 0 amide bonds. The van der Waals surface area contributed by atoms with Crippen molar-refractivity contribution >= 4 is 32.6 Å². The van der Waals surface area contributed by atoms with Crippen molar-refractivity contribution in [3.8, 4) is 61.8 Å². The summed E-state index contributed by atoms with van der Waals surface area (Å²) in [6.45, 7) is 0. The van der Waals surface area contributed by atoms with Gasteiger partial charge in [-0.2, -0.15) is 0 Å². The van der Waals surface area contributed by atoms with Gasteiger partial charge in [0.2, 0.25) is 0 Å². The molecule has 0 fully saturated rings. The SMILES string of the molecule is c1ccc(-c2cc(-c3cccc(-n4c5cccc6c5c5c7c(cccc7ccc54)-c4ccccc4-6)c3)nc(-c3ccccc3)n2)cc1. The molecule has 0 saturated heterocycles. The Balaban J connectivity index is 1.24. The molecule has 1 aliphatic rings. The van der Waals surface area contributed by atoms with Crippen LogP contribution in [0.1, 0.15) is 0 Å². The molecule has 0 unspecified atom stereocenters. The van der Waals surface area contributed by atoms with Crippen LogP contribution in [0.5, 0.6) is 0 Å². The van der Waals surface area contributed by atoms with Crippen LogP contribution in [0.4, 0.5) is 0 Å². The normalized spacial score (nSPS) is 11.8. The van der Waals surface area contributed by atoms with Gasteiger partial charge in [-0.15, -0.1) is 0 Å². The van der Waals surface area contributed by atoms with Gasteiger partial charge < -0.3 is 4.57 Å². The lowest BCUT2D eigenvalue weighted by molar-refractivity contribution is 1.16. The predicted octanol–water partition coefficient (Wildman–Crippen LogP) is 11.4. The minimum atomic E-state index is 0.716. The third-order valence-corrected chi connectivity index (χ3v) is 9.53. The zero-order chi connectivity index (χ0) is 30.9. The molecular weight excluding hydrogens is 571 g/mol. The van der Waals surface area contributed by atoms with Gasteiger partial charge in [-0.1, -0.05) is 133 Å². The zero-order valence-electron chi connectivity index (χ0n) is 25.4. The van der Waals surface area contributed by atoms with Crippen molar-refractivity contribution in [2.75, 3.05) is 0 Å². The molecule has 3 heteroatoms. The molecule has 47 heavy (non-hydrogen) atoms. The topological polar surface area (TPSA) is 30.7 Å². The van der Waals surface area contributed by atoms with Gasteiger partial charge in [0.25, 0.3) is 0 Å². The van der Waals surface area contributed by atoms with Gasteiger partial charge in [-0.25, -0.2) is 9.97 Å². The molecule has 3 nitrogen and oxygen atoms in total. The number of benzene rings is 7. The smallest absolute Gasteiger partial charge is 0.160 e. The summed E-state index contributed by atoms with van der Waals surface area (Å²) in [4.78, 5) is 10.1. The van der Waals surface area contributed by atoms with E-state index in [1.807, 2.05) is 24.3 Å². The summed E-state index contributed by atoms with van der Waals surface area (Å²) in [7, 11) is 0. The molecule has 1 aliphatic carbocycles. The van der Waals surface area contributed by atoms with Crippen LogP contribution in [-0.2, 0) is 0 Å². The van der Waals surface area contributed by atoms with Gasteiger partial charge in [0, 0.05) is 33.2 Å². The summed E-state index contributed by atoms with van der Waals surface area (Å²) in [5.74, 6) is 0.716. The van der Waals surface area contributed by atoms with Gasteiger partial charge in [0.05, 0.1) is 22.4 Å². The highest BCUT2D eigenvalue weighted by atomic mass is 15.0. The van der Waals surface area contributed by atoms with Crippen LogP contribution >= 0.6 is 0 Å². The van der Waals surface area contributed by atoms with Crippen molar-refractivity contribution in [2.45, 2.75) is 0 Å². The molecule has 7 aromatic carbocycles. The number of nitrogens with zero attached hydrogens (tertiary/aromatic N) is 3. The van der Waals surface area contributed by atoms with Crippen LogP contribution in [0, 0.1) is 0 Å². The van der Waals surface area contributed by atoms with Crippen molar-refractivity contribution in [2.24, 2.45) is 0 Å². The summed E-state index contributed by atoms with van der Waals surface area (Å²) in [6, 6.07) is 58.3. The van der Waals surface area contributed by atoms with Gasteiger partial charge in [-0.05, 0) is 63.4 Å². The fourth-order valence-corrected chi connectivity index (χ4v) is 7.48. The van der Waals surface area contributed by atoms with E-state index in [0.717, 1.165) is 33.8 Å². The first-order chi connectivity index (χ1) is 23.3. The van der Waals surface area contributed by atoms with Crippen LogP contribution < -0.4 is 0 Å². The maximum Gasteiger partial charge on any atom is 0.160 e. The minimum Gasteiger partial charge on any atom is -0.309 e. The van der Waals surface area contributed by atoms with Crippen molar-refractivity contribution in [3.05, 3.63) is 164 Å². The van der Waals surface area contributed by atoms with E-state index in [-0.39, 0.29) is 0 Å². The van der Waals surface area contributed by atoms with E-state index < -0.39 is 0 Å². The predicted molar refractivity (Wildman–Crippen MR) is 195 cm³/mol. The molecular formula is C44H27N3. The third kappa shape index (κ3) is 3.93. The van der Waals surface area contributed by atoms with Gasteiger partial charge in [0.15, 0.2) is 5.82 Å². The van der Waals surface area contributed by atoms with E-state index in [1.165, 1.54) is 54.8 Å². The standard InChI is InChI=1S/C44H27N3/c1-3-12-28(13-4-1)37-27-38(46-44(45-37)30-14-5-2-6-15-30)31-17-9-18-32(26-31)47-39-23-11-22-36-34-20-8-7-19-33(34)35-21-10-16-29-24-25-40(47)43(41(29)35)42(36)39/h1-27H. The summed E-state index contributed by atoms with van der Waals surface area (Å²) >= 11 is 0. The van der Waals surface area contributed by atoms with Crippen LogP contribution in [0.3, 0.4) is 0 Å². The molecule has 0 spiro atoms. The summed E-state index contributed by atoms with van der Waals surface area (Å²) in [6.07, 6.45) is 0. The van der Waals surface area contributed by atoms with E-state index in [4.69, 9.17) is 9.97 Å². The Labute approximate surface area is 272 Å². The summed E-state index contributed by atoms with van der Waals surface area (Å²) in [5.41, 5.74) is 13.5. The number of aromatic nitrogens is 3. The Morgan fingerprint density at radius 1 is 0.362 bits per heavy atom. The van der Waals surface area contributed by atoms with Crippen molar-refractivity contribution in [3.63, 3.8) is 0 Å². The van der Waals surface area contributed by atoms with Crippen LogP contribution in [0.25, 0.3) is 94.4 Å². The quantitative estimate of drug-likeness (QED) is 0.202. The van der Waals surface area contributed by atoms with Gasteiger partial charge in [-0.3, -0.25) is 0 Å². The number of hydrogen-bond acceptors (Lipinski definition) is 2. The molecule has 0 N–H and O–H groups in total. The van der Waals surface area contributed by atoms with E-state index >= 15 is 0 Å². The first kappa shape index (κ1) is 26.0. The lowest BCUT2D eigenvalue weighted by Gasteiger charge is -2.14. The first-order valence-electron chi connectivity index (χ1n) is 16.0. The molecule has 2 heterocycles. The Morgan fingerprint density at radius 3 is 1.70 bits per heavy atom. The first-order valence-corrected chi connectivity index (χ1v) is 16.0. The Hall–Kier alpha value is -6.32. The zero-order valence-corrected chi connectivity index (χ0v) is 25.4. The number of rotatable bonds is 4. The monoisotopic (exact) mass is 597 g/mol. The average Bonchev–Trinajstić information content (AvgIpc) is 3.43. The highest BCUT2D eigenvalue weighted by Crippen LogP contribution is 2.49. The Bertz CT molecular complexity index is 2610. The van der Waals surface area contributed by atoms with Gasteiger partial charge >= 0.3 is 0 Å². The van der Waals surface area contributed by atoms with Crippen LogP contribution in [-0.4, -0.2) is 14.5 Å². The van der Waals surface area contributed by atoms with E-state index in [1.54, 1.807) is 0 Å². The van der Waals surface area contributed by atoms with Crippen molar-refractivity contribution < 1.29 is 0 Å². The fraction of sp³-hybridized carbons (Fsp3) is 0. The Morgan fingerprint density at radius 2 is 0.936 bits per heavy atom. The largest absolute Gasteiger partial charge is 0.309 e. The lowest BCUT2D eigenvalue weighted by Crippen LogP contribution is -1.98. The molecule has 2 aromatic heterocycles. The molecule has 0 aliphatic heterocycles. The fourth-order valence-electron chi connectivity index (χ4n) is 7.48. The van der Waals surface area contributed by atoms with Crippen LogP contribution in [0.2, 0.25) is 0 Å². The second-order valence-corrected chi connectivity index (χ2v) is 12.2. The van der Waals surface area contributed by atoms with Gasteiger partial charge in [0.1, 0.15) is 0 Å². The van der Waals surface area contributed by atoms with E-state index in [0.29, 0.717) is 5.82 Å². The Kier molecular flexibility index (Phi) is 5.57. The third-order valence-electron chi connectivity index (χ3n) is 9.53. The highest BCUT2D eigenvalue weighted by Gasteiger charge is 2.24. The second kappa shape index (κ2) is 10.1. The molecule has 0 saturated carbocycles. The summed E-state index contributed by atoms with van der Waals surface area (Å²) < 4.78 is 2.43. The minimum absolute atomic E-state index is 0.716. The van der Waals surface area contributed by atoms with Crippen molar-refractivity contribution in [1.82, 2.24) is 14.5 Å². The second-order valence-electron chi connectivity index (χ2n) is 12.2. The highest BCUT2D eigenvalue weighted by molar-refractivity contribution is 6.30.